The molecule has 11 heteroatoms. The van der Waals surface area contributed by atoms with Crippen LogP contribution in [0.3, 0.4) is 0 Å². The van der Waals surface area contributed by atoms with Crippen molar-refractivity contribution in [3.05, 3.63) is 254 Å². The fourth-order valence-electron chi connectivity index (χ4n) is 9.83. The first-order valence-electron chi connectivity index (χ1n) is 25.0. The van der Waals surface area contributed by atoms with E-state index >= 15 is 13.2 Å². The lowest BCUT2D eigenvalue weighted by Gasteiger charge is -2.22. The largest absolute Gasteiger partial charge is 0.416 e. The number of benzene rings is 9. The van der Waals surface area contributed by atoms with Gasteiger partial charge in [0, 0.05) is 60.8 Å². The molecule has 0 fully saturated rings. The third kappa shape index (κ3) is 9.06. The first kappa shape index (κ1) is 46.5. The number of halogens is 3. The van der Waals surface area contributed by atoms with Gasteiger partial charge in [0.15, 0.2) is 29.1 Å². The Morgan fingerprint density at radius 1 is 0.273 bits per heavy atom. The summed E-state index contributed by atoms with van der Waals surface area (Å²) < 4.78 is 50.0. The normalized spacial score (nSPS) is 11.6. The molecule has 4 heterocycles. The van der Waals surface area contributed by atoms with Gasteiger partial charge in [-0.15, -0.1) is 0 Å². The van der Waals surface area contributed by atoms with E-state index in [0.29, 0.717) is 68.4 Å². The van der Waals surface area contributed by atoms with E-state index in [0.717, 1.165) is 38.5 Å². The summed E-state index contributed by atoms with van der Waals surface area (Å²) in [5.41, 5.74) is 8.10. The summed E-state index contributed by atoms with van der Waals surface area (Å²) in [5.74, 6) is 2.07. The molecule has 0 saturated carbocycles. The van der Waals surface area contributed by atoms with E-state index in [-0.39, 0.29) is 22.5 Å². The number of aromatic nitrogens is 8. The fourth-order valence-corrected chi connectivity index (χ4v) is 9.83. The fraction of sp³-hybridized carbons (Fsp3) is 0.0152. The van der Waals surface area contributed by atoms with Crippen LogP contribution in [-0.2, 0) is 6.18 Å². The maximum atomic E-state index is 16.0. The summed E-state index contributed by atoms with van der Waals surface area (Å²) in [6.45, 7) is 0. The number of fused-ring (bicyclic) bond motifs is 3. The van der Waals surface area contributed by atoms with Gasteiger partial charge in [-0.2, -0.15) is 13.2 Å². The summed E-state index contributed by atoms with van der Waals surface area (Å²) >= 11 is 0. The molecule has 9 aromatic carbocycles. The van der Waals surface area contributed by atoms with Crippen LogP contribution in [0.2, 0.25) is 0 Å². The Hall–Kier alpha value is -10.3. The van der Waals surface area contributed by atoms with Crippen molar-refractivity contribution in [1.29, 1.82) is 0 Å². The molecule has 4 aromatic heterocycles. The third-order valence-corrected chi connectivity index (χ3v) is 13.5. The molecule has 13 aromatic rings. The van der Waals surface area contributed by atoms with Crippen molar-refractivity contribution in [1.82, 2.24) is 39.5 Å². The lowest BCUT2D eigenvalue weighted by atomic mass is 9.95. The second-order valence-electron chi connectivity index (χ2n) is 18.4. The minimum Gasteiger partial charge on any atom is -0.308 e. The summed E-state index contributed by atoms with van der Waals surface area (Å²) in [5, 5.41) is 1.71. The molecule has 0 spiro atoms. The van der Waals surface area contributed by atoms with Crippen molar-refractivity contribution < 1.29 is 13.2 Å². The van der Waals surface area contributed by atoms with Gasteiger partial charge in [0.25, 0.3) is 0 Å². The molecule has 0 atom stereocenters. The highest BCUT2D eigenvalue weighted by atomic mass is 19.4. The first-order valence-corrected chi connectivity index (χ1v) is 25.0. The quantitative estimate of drug-likeness (QED) is 0.135. The van der Waals surface area contributed by atoms with Gasteiger partial charge in [-0.25, -0.2) is 34.9 Å². The number of hydrogen-bond donors (Lipinski definition) is 0. The van der Waals surface area contributed by atoms with Crippen LogP contribution < -0.4 is 0 Å². The molecule has 0 unspecified atom stereocenters. The summed E-state index contributed by atoms with van der Waals surface area (Å²) in [4.78, 5) is 35.7. The zero-order valence-corrected chi connectivity index (χ0v) is 40.9. The van der Waals surface area contributed by atoms with Crippen LogP contribution in [0.15, 0.2) is 249 Å². The Kier molecular flexibility index (Phi) is 11.8. The van der Waals surface area contributed by atoms with Crippen molar-refractivity contribution in [2.24, 2.45) is 0 Å². The summed E-state index contributed by atoms with van der Waals surface area (Å²) in [6, 6.07) is 77.5. The van der Waals surface area contributed by atoms with E-state index in [1.807, 2.05) is 229 Å². The topological polar surface area (TPSA) is 95.2 Å². The standard InChI is InChI=1S/C66H41F3N8/c67-66(68,69)49-38-52(56-40-54(42-21-7-1-8-22-42)70-61(72-56)44-25-11-3-12-26-44)60(53(39-49)57-41-55(43-23-9-2-10-24-43)71-62(73-57)45-27-13-4-14-28-45)77-58-34-20-19-33-50(58)51-36-35-48(37-59(51)77)65-75-63(46-29-15-5-16-30-46)74-64(76-65)47-31-17-6-18-32-47/h1-41H. The maximum absolute atomic E-state index is 16.0. The van der Waals surface area contributed by atoms with Gasteiger partial charge in [-0.3, -0.25) is 0 Å². The van der Waals surface area contributed by atoms with Crippen LogP contribution in [0, 0.1) is 0 Å². The Labute approximate surface area is 440 Å². The minimum absolute atomic E-state index is 0.193. The molecule has 0 radical (unpaired) electrons. The number of nitrogens with zero attached hydrogens (tertiary/aromatic N) is 8. The molecule has 0 saturated heterocycles. The average molecular weight is 1000 g/mol. The van der Waals surface area contributed by atoms with E-state index in [9.17, 15) is 0 Å². The zero-order valence-electron chi connectivity index (χ0n) is 40.9. The molecular weight excluding hydrogens is 962 g/mol. The molecule has 366 valence electrons. The molecule has 0 bridgehead atoms. The van der Waals surface area contributed by atoms with Crippen molar-refractivity contribution in [3.63, 3.8) is 0 Å². The van der Waals surface area contributed by atoms with Gasteiger partial charge >= 0.3 is 6.18 Å². The number of rotatable bonds is 10. The number of alkyl halides is 3. The van der Waals surface area contributed by atoms with Crippen molar-refractivity contribution in [3.8, 4) is 108 Å². The molecule has 0 amide bonds. The molecule has 0 aliphatic carbocycles. The SMILES string of the molecule is FC(F)(F)c1cc(-c2cc(-c3ccccc3)nc(-c3ccccc3)n2)c(-n2c3ccccc3c3ccc(-c4nc(-c5ccccc5)nc(-c5ccccc5)n4)cc32)c(-c2cc(-c3ccccc3)nc(-c3ccccc3)n2)c1. The van der Waals surface area contributed by atoms with Crippen LogP contribution in [-0.4, -0.2) is 39.5 Å². The van der Waals surface area contributed by atoms with Gasteiger partial charge in [0.1, 0.15) is 0 Å². The van der Waals surface area contributed by atoms with Gasteiger partial charge in [-0.05, 0) is 36.4 Å². The highest BCUT2D eigenvalue weighted by molar-refractivity contribution is 6.11. The minimum atomic E-state index is -4.81. The predicted molar refractivity (Wildman–Crippen MR) is 299 cm³/mol. The van der Waals surface area contributed by atoms with Gasteiger partial charge in [-0.1, -0.05) is 212 Å². The second-order valence-corrected chi connectivity index (χ2v) is 18.4. The van der Waals surface area contributed by atoms with Crippen molar-refractivity contribution in [2.45, 2.75) is 6.18 Å². The van der Waals surface area contributed by atoms with Gasteiger partial charge in [0.2, 0.25) is 0 Å². The highest BCUT2D eigenvalue weighted by Gasteiger charge is 2.35. The highest BCUT2D eigenvalue weighted by Crippen LogP contribution is 2.46. The molecule has 8 nitrogen and oxygen atoms in total. The third-order valence-electron chi connectivity index (χ3n) is 13.5. The molecular formula is C66H41F3N8. The van der Waals surface area contributed by atoms with Crippen molar-refractivity contribution >= 4 is 21.8 Å². The summed E-state index contributed by atoms with van der Waals surface area (Å²) in [6.07, 6.45) is -4.81. The molecule has 77 heavy (non-hydrogen) atoms. The Balaban J connectivity index is 1.17. The lowest BCUT2D eigenvalue weighted by molar-refractivity contribution is -0.137. The van der Waals surface area contributed by atoms with E-state index in [2.05, 4.69) is 0 Å². The molecule has 0 aliphatic rings. The molecule has 13 rings (SSSR count). The van der Waals surface area contributed by atoms with Crippen LogP contribution >= 0.6 is 0 Å². The van der Waals surface area contributed by atoms with Crippen LogP contribution in [0.4, 0.5) is 13.2 Å². The Morgan fingerprint density at radius 2 is 0.610 bits per heavy atom. The number of hydrogen-bond acceptors (Lipinski definition) is 7. The Morgan fingerprint density at radius 3 is 1.03 bits per heavy atom. The average Bonchev–Trinajstić information content (AvgIpc) is 4.06. The lowest BCUT2D eigenvalue weighted by Crippen LogP contribution is -2.10. The molecule has 0 N–H and O–H groups in total. The van der Waals surface area contributed by atoms with Crippen LogP contribution in [0.1, 0.15) is 5.56 Å². The Bertz CT molecular complexity index is 3970. The van der Waals surface area contributed by atoms with E-state index in [4.69, 9.17) is 34.9 Å². The first-order chi connectivity index (χ1) is 37.8. The predicted octanol–water partition coefficient (Wildman–Crippen LogP) is 16.6. The van der Waals surface area contributed by atoms with Gasteiger partial charge < -0.3 is 4.57 Å². The monoisotopic (exact) mass is 1000 g/mol. The van der Waals surface area contributed by atoms with E-state index in [1.54, 1.807) is 12.1 Å². The maximum Gasteiger partial charge on any atom is 0.416 e. The van der Waals surface area contributed by atoms with Gasteiger partial charge in [0.05, 0.1) is 45.1 Å². The zero-order chi connectivity index (χ0) is 51.9. The van der Waals surface area contributed by atoms with E-state index in [1.165, 1.54) is 12.1 Å². The smallest absolute Gasteiger partial charge is 0.308 e. The van der Waals surface area contributed by atoms with Crippen LogP contribution in [0.5, 0.6) is 0 Å². The van der Waals surface area contributed by atoms with Crippen molar-refractivity contribution in [2.75, 3.05) is 0 Å². The number of para-hydroxylation sites is 1. The summed E-state index contributed by atoms with van der Waals surface area (Å²) in [7, 11) is 0. The molecule has 0 aliphatic heterocycles. The van der Waals surface area contributed by atoms with E-state index < -0.39 is 11.7 Å². The van der Waals surface area contributed by atoms with Crippen LogP contribution in [0.25, 0.3) is 129 Å². The second kappa shape index (κ2) is 19.5.